The number of ether oxygens (including phenoxy) is 1. The lowest BCUT2D eigenvalue weighted by molar-refractivity contribution is 0.113. The molecular weight excluding hydrogens is 164 g/mol. The summed E-state index contributed by atoms with van der Waals surface area (Å²) in [5, 5.41) is 0. The first-order valence-electron chi connectivity index (χ1n) is 5.26. The lowest BCUT2D eigenvalue weighted by atomic mass is 9.90. The molecule has 1 unspecified atom stereocenters. The SMILES string of the molecule is CN(CC1(N)CCOC1)C1CCC1. The standard InChI is InChI=1S/C10H20N2O/c1-12(9-3-2-4-9)7-10(11)5-6-13-8-10/h9H,2-8,11H2,1H3. The van der Waals surface area contributed by atoms with Crippen molar-refractivity contribution >= 4 is 0 Å². The minimum atomic E-state index is -0.0651. The van der Waals surface area contributed by atoms with Crippen molar-refractivity contribution in [1.82, 2.24) is 4.90 Å². The van der Waals surface area contributed by atoms with Crippen molar-refractivity contribution in [1.29, 1.82) is 0 Å². The van der Waals surface area contributed by atoms with Crippen LogP contribution in [0.1, 0.15) is 25.7 Å². The summed E-state index contributed by atoms with van der Waals surface area (Å²) in [7, 11) is 2.19. The first-order chi connectivity index (χ1) is 6.20. The summed E-state index contributed by atoms with van der Waals surface area (Å²) in [5.74, 6) is 0. The van der Waals surface area contributed by atoms with Gasteiger partial charge < -0.3 is 15.4 Å². The maximum atomic E-state index is 6.21. The number of hydrogen-bond acceptors (Lipinski definition) is 3. The molecule has 1 aliphatic carbocycles. The maximum Gasteiger partial charge on any atom is 0.0659 e. The summed E-state index contributed by atoms with van der Waals surface area (Å²) in [6.45, 7) is 2.58. The van der Waals surface area contributed by atoms with Crippen LogP contribution in [0.25, 0.3) is 0 Å². The van der Waals surface area contributed by atoms with E-state index in [1.54, 1.807) is 0 Å². The van der Waals surface area contributed by atoms with Gasteiger partial charge in [0.2, 0.25) is 0 Å². The Morgan fingerprint density at radius 3 is 2.77 bits per heavy atom. The van der Waals surface area contributed by atoms with Crippen LogP contribution >= 0.6 is 0 Å². The Labute approximate surface area is 80.2 Å². The summed E-state index contributed by atoms with van der Waals surface area (Å²) in [6.07, 6.45) is 5.12. The first-order valence-corrected chi connectivity index (χ1v) is 5.26. The molecule has 1 heterocycles. The number of nitrogens with zero attached hydrogens (tertiary/aromatic N) is 1. The van der Waals surface area contributed by atoms with Crippen molar-refractivity contribution in [2.24, 2.45) is 5.73 Å². The van der Waals surface area contributed by atoms with E-state index in [4.69, 9.17) is 10.5 Å². The Morgan fingerprint density at radius 2 is 2.31 bits per heavy atom. The van der Waals surface area contributed by atoms with Gasteiger partial charge in [-0.15, -0.1) is 0 Å². The molecular formula is C10H20N2O. The van der Waals surface area contributed by atoms with Crippen LogP contribution in [-0.2, 0) is 4.74 Å². The largest absolute Gasteiger partial charge is 0.379 e. The average Bonchev–Trinajstić information content (AvgIpc) is 2.31. The fourth-order valence-electron chi connectivity index (χ4n) is 2.20. The molecule has 76 valence electrons. The van der Waals surface area contributed by atoms with Gasteiger partial charge in [-0.2, -0.15) is 0 Å². The Hall–Kier alpha value is -0.120. The lowest BCUT2D eigenvalue weighted by Gasteiger charge is -2.38. The smallest absolute Gasteiger partial charge is 0.0659 e. The summed E-state index contributed by atoms with van der Waals surface area (Å²) in [6, 6.07) is 0.793. The van der Waals surface area contributed by atoms with E-state index >= 15 is 0 Å². The van der Waals surface area contributed by atoms with Crippen molar-refractivity contribution in [2.75, 3.05) is 26.8 Å². The highest BCUT2D eigenvalue weighted by Crippen LogP contribution is 2.26. The molecule has 2 aliphatic rings. The van der Waals surface area contributed by atoms with Gasteiger partial charge in [0.15, 0.2) is 0 Å². The van der Waals surface area contributed by atoms with Gasteiger partial charge in [-0.05, 0) is 26.3 Å². The molecule has 0 aromatic heterocycles. The van der Waals surface area contributed by atoms with E-state index in [2.05, 4.69) is 11.9 Å². The molecule has 2 fully saturated rings. The highest BCUT2D eigenvalue weighted by molar-refractivity contribution is 4.92. The molecule has 0 aromatic rings. The fraction of sp³-hybridized carbons (Fsp3) is 1.00. The van der Waals surface area contributed by atoms with Gasteiger partial charge in [0, 0.05) is 19.2 Å². The first kappa shape index (κ1) is 9.44. The lowest BCUT2D eigenvalue weighted by Crippen LogP contribution is -2.53. The second kappa shape index (κ2) is 3.56. The quantitative estimate of drug-likeness (QED) is 0.697. The minimum absolute atomic E-state index is 0.0651. The van der Waals surface area contributed by atoms with E-state index in [1.165, 1.54) is 19.3 Å². The summed E-state index contributed by atoms with van der Waals surface area (Å²) >= 11 is 0. The monoisotopic (exact) mass is 184 g/mol. The van der Waals surface area contributed by atoms with Gasteiger partial charge in [0.25, 0.3) is 0 Å². The second-order valence-corrected chi connectivity index (χ2v) is 4.66. The molecule has 1 atom stereocenters. The molecule has 1 aliphatic heterocycles. The molecule has 3 heteroatoms. The highest BCUT2D eigenvalue weighted by Gasteiger charge is 2.34. The van der Waals surface area contributed by atoms with E-state index in [0.29, 0.717) is 0 Å². The van der Waals surface area contributed by atoms with Crippen LogP contribution in [0.5, 0.6) is 0 Å². The van der Waals surface area contributed by atoms with Crippen LogP contribution in [0.15, 0.2) is 0 Å². The Bertz CT molecular complexity index is 174. The van der Waals surface area contributed by atoms with Crippen LogP contribution in [-0.4, -0.2) is 43.3 Å². The molecule has 0 aromatic carbocycles. The third kappa shape index (κ3) is 2.03. The molecule has 0 bridgehead atoms. The van der Waals surface area contributed by atoms with Gasteiger partial charge in [0.1, 0.15) is 0 Å². The van der Waals surface area contributed by atoms with E-state index in [0.717, 1.165) is 32.2 Å². The van der Waals surface area contributed by atoms with Crippen molar-refractivity contribution in [3.63, 3.8) is 0 Å². The Balaban J connectivity index is 1.81. The molecule has 0 radical (unpaired) electrons. The van der Waals surface area contributed by atoms with Gasteiger partial charge in [-0.25, -0.2) is 0 Å². The van der Waals surface area contributed by atoms with Crippen molar-refractivity contribution in [3.8, 4) is 0 Å². The third-order valence-corrected chi connectivity index (χ3v) is 3.40. The number of likely N-dealkylation sites (N-methyl/N-ethyl adjacent to an activating group) is 1. The molecule has 13 heavy (non-hydrogen) atoms. The Kier molecular flexibility index (Phi) is 2.58. The van der Waals surface area contributed by atoms with Gasteiger partial charge >= 0.3 is 0 Å². The van der Waals surface area contributed by atoms with Gasteiger partial charge in [-0.1, -0.05) is 6.42 Å². The zero-order chi connectivity index (χ0) is 9.31. The molecule has 3 nitrogen and oxygen atoms in total. The van der Waals surface area contributed by atoms with Crippen LogP contribution in [0.3, 0.4) is 0 Å². The molecule has 1 saturated carbocycles. The topological polar surface area (TPSA) is 38.5 Å². The van der Waals surface area contributed by atoms with Crippen LogP contribution in [0, 0.1) is 0 Å². The zero-order valence-corrected chi connectivity index (χ0v) is 8.46. The minimum Gasteiger partial charge on any atom is -0.379 e. The van der Waals surface area contributed by atoms with Crippen LogP contribution in [0.4, 0.5) is 0 Å². The maximum absolute atomic E-state index is 6.21. The van der Waals surface area contributed by atoms with Crippen LogP contribution in [0.2, 0.25) is 0 Å². The van der Waals surface area contributed by atoms with Crippen molar-refractivity contribution in [3.05, 3.63) is 0 Å². The average molecular weight is 184 g/mol. The number of nitrogens with two attached hydrogens (primary N) is 1. The van der Waals surface area contributed by atoms with Crippen molar-refractivity contribution < 1.29 is 4.74 Å². The predicted octanol–water partition coefficient (Wildman–Crippen LogP) is 0.588. The zero-order valence-electron chi connectivity index (χ0n) is 8.46. The summed E-state index contributed by atoms with van der Waals surface area (Å²) in [4.78, 5) is 2.41. The molecule has 0 spiro atoms. The van der Waals surface area contributed by atoms with Gasteiger partial charge in [0.05, 0.1) is 12.1 Å². The van der Waals surface area contributed by atoms with Crippen molar-refractivity contribution in [2.45, 2.75) is 37.3 Å². The normalized spacial score (nSPS) is 35.3. The highest BCUT2D eigenvalue weighted by atomic mass is 16.5. The van der Waals surface area contributed by atoms with E-state index in [-0.39, 0.29) is 5.54 Å². The summed E-state index contributed by atoms with van der Waals surface area (Å²) < 4.78 is 5.34. The molecule has 0 amide bonds. The van der Waals surface area contributed by atoms with E-state index in [1.807, 2.05) is 0 Å². The van der Waals surface area contributed by atoms with E-state index in [9.17, 15) is 0 Å². The van der Waals surface area contributed by atoms with Crippen LogP contribution < -0.4 is 5.73 Å². The summed E-state index contributed by atoms with van der Waals surface area (Å²) in [5.41, 5.74) is 6.14. The third-order valence-electron chi connectivity index (χ3n) is 3.40. The molecule has 2 N–H and O–H groups in total. The fourth-order valence-corrected chi connectivity index (χ4v) is 2.20. The second-order valence-electron chi connectivity index (χ2n) is 4.66. The van der Waals surface area contributed by atoms with E-state index < -0.39 is 0 Å². The molecule has 2 rings (SSSR count). The van der Waals surface area contributed by atoms with Gasteiger partial charge in [-0.3, -0.25) is 0 Å². The predicted molar refractivity (Wildman–Crippen MR) is 52.6 cm³/mol. The number of hydrogen-bond donors (Lipinski definition) is 1. The Morgan fingerprint density at radius 1 is 1.54 bits per heavy atom. The molecule has 1 saturated heterocycles. The number of rotatable bonds is 3.